The van der Waals surface area contributed by atoms with Crippen LogP contribution in [0.25, 0.3) is 16.7 Å². The molecule has 0 bridgehead atoms. The maximum absolute atomic E-state index is 12.4. The number of sulfone groups is 1. The van der Waals surface area contributed by atoms with E-state index in [4.69, 9.17) is 9.73 Å². The predicted molar refractivity (Wildman–Crippen MR) is 102 cm³/mol. The van der Waals surface area contributed by atoms with E-state index < -0.39 is 15.8 Å². The predicted octanol–water partition coefficient (Wildman–Crippen LogP) is 1.88. The highest BCUT2D eigenvalue weighted by Crippen LogP contribution is 2.34. The fourth-order valence-electron chi connectivity index (χ4n) is 3.50. The Morgan fingerprint density at radius 3 is 2.59 bits per heavy atom. The number of fused-ring (bicyclic) bond motifs is 4. The van der Waals surface area contributed by atoms with E-state index >= 15 is 0 Å². The van der Waals surface area contributed by atoms with Crippen molar-refractivity contribution >= 4 is 27.1 Å². The molecule has 2 aromatic carbocycles. The standard InChI is InChI=1S/C20H18N2O4S/c1-11-17-12(2)19(20(23)26-8-9-27(3,24)25)22-16(17)10-14-13-6-4-5-7-15(13)21-18(11)14/h4-7,10H,8-9H2,1-3H3. The van der Waals surface area contributed by atoms with Gasteiger partial charge < -0.3 is 4.74 Å². The van der Waals surface area contributed by atoms with Crippen LogP contribution in [0.1, 0.15) is 18.1 Å². The summed E-state index contributed by atoms with van der Waals surface area (Å²) in [6, 6.07) is 9.87. The maximum Gasteiger partial charge on any atom is 0.357 e. The van der Waals surface area contributed by atoms with Gasteiger partial charge in [-0.05, 0) is 37.1 Å². The summed E-state index contributed by atoms with van der Waals surface area (Å²) in [7, 11) is -3.19. The zero-order valence-electron chi connectivity index (χ0n) is 15.2. The van der Waals surface area contributed by atoms with Crippen LogP contribution in [0, 0.1) is 6.92 Å². The molecule has 0 unspecified atom stereocenters. The molecule has 0 spiro atoms. The van der Waals surface area contributed by atoms with Gasteiger partial charge in [-0.1, -0.05) is 18.2 Å². The van der Waals surface area contributed by atoms with Gasteiger partial charge in [0.2, 0.25) is 0 Å². The van der Waals surface area contributed by atoms with Crippen molar-refractivity contribution in [2.75, 3.05) is 18.6 Å². The molecule has 138 valence electrons. The molecule has 0 radical (unpaired) electrons. The van der Waals surface area contributed by atoms with Crippen molar-refractivity contribution in [1.29, 1.82) is 0 Å². The minimum Gasteiger partial charge on any atom is -0.460 e. The second kappa shape index (κ2) is 6.13. The molecule has 4 rings (SSSR count). The van der Waals surface area contributed by atoms with E-state index in [1.807, 2.05) is 44.2 Å². The molecule has 0 amide bonds. The van der Waals surface area contributed by atoms with Crippen LogP contribution in [0.15, 0.2) is 46.0 Å². The van der Waals surface area contributed by atoms with Crippen LogP contribution in [0.4, 0.5) is 5.69 Å². The molecule has 0 aliphatic carbocycles. The molecule has 6 nitrogen and oxygen atoms in total. The zero-order chi connectivity index (χ0) is 19.3. The first kappa shape index (κ1) is 17.6. The summed E-state index contributed by atoms with van der Waals surface area (Å²) in [6.07, 6.45) is 1.10. The van der Waals surface area contributed by atoms with Gasteiger partial charge in [-0.2, -0.15) is 0 Å². The second-order valence-corrected chi connectivity index (χ2v) is 9.03. The first-order chi connectivity index (χ1) is 12.8. The Balaban J connectivity index is 1.72. The Kier molecular flexibility index (Phi) is 3.99. The summed E-state index contributed by atoms with van der Waals surface area (Å²) < 4.78 is 27.5. The molecule has 2 heterocycles. The molecule has 0 atom stereocenters. The Bertz CT molecular complexity index is 1260. The smallest absolute Gasteiger partial charge is 0.357 e. The highest BCUT2D eigenvalue weighted by atomic mass is 32.2. The van der Waals surface area contributed by atoms with Crippen LogP contribution in [-0.4, -0.2) is 33.0 Å². The number of nitrogens with zero attached hydrogens (tertiary/aromatic N) is 2. The van der Waals surface area contributed by atoms with E-state index in [1.165, 1.54) is 0 Å². The number of allylic oxidation sites excluding steroid dienone is 1. The number of carbonyl (C=O) groups excluding carboxylic acids is 1. The number of hydrogen-bond acceptors (Lipinski definition) is 6. The van der Waals surface area contributed by atoms with Gasteiger partial charge in [-0.25, -0.2) is 23.2 Å². The minimum atomic E-state index is -3.19. The number of esters is 1. The number of carbonyl (C=O) groups is 1. The van der Waals surface area contributed by atoms with Crippen molar-refractivity contribution in [2.24, 2.45) is 9.98 Å². The first-order valence-electron chi connectivity index (χ1n) is 8.53. The van der Waals surface area contributed by atoms with Gasteiger partial charge in [-0.15, -0.1) is 0 Å². The van der Waals surface area contributed by atoms with Crippen molar-refractivity contribution in [3.8, 4) is 11.1 Å². The summed E-state index contributed by atoms with van der Waals surface area (Å²) in [6.45, 7) is 3.62. The third-order valence-corrected chi connectivity index (χ3v) is 5.70. The maximum atomic E-state index is 12.4. The first-order valence-corrected chi connectivity index (χ1v) is 10.6. The molecule has 0 saturated heterocycles. The van der Waals surface area contributed by atoms with Crippen LogP contribution in [-0.2, 0) is 19.4 Å². The largest absolute Gasteiger partial charge is 0.460 e. The number of rotatable bonds is 4. The molecule has 0 aromatic heterocycles. The highest BCUT2D eigenvalue weighted by Gasteiger charge is 2.26. The molecule has 0 fully saturated rings. The fourth-order valence-corrected chi connectivity index (χ4v) is 3.88. The molecular weight excluding hydrogens is 364 g/mol. The SMILES string of the molecule is CC1=C(C(=O)OCCS(C)(=O)=O)N=c2cc3c(c(C)c21)=Nc1ccccc1-3. The van der Waals surface area contributed by atoms with E-state index in [0.29, 0.717) is 5.36 Å². The lowest BCUT2D eigenvalue weighted by Gasteiger charge is -2.06. The summed E-state index contributed by atoms with van der Waals surface area (Å²) in [5.74, 6) is -0.815. The molecule has 2 aliphatic rings. The molecular formula is C20H18N2O4S. The fraction of sp³-hybridized carbons (Fsp3) is 0.250. The monoisotopic (exact) mass is 382 g/mol. The van der Waals surface area contributed by atoms with E-state index in [9.17, 15) is 13.2 Å². The van der Waals surface area contributed by atoms with Crippen molar-refractivity contribution in [1.82, 2.24) is 0 Å². The molecule has 2 aromatic rings. The molecule has 7 heteroatoms. The Hall–Kier alpha value is -2.80. The van der Waals surface area contributed by atoms with E-state index in [1.54, 1.807) is 0 Å². The average Bonchev–Trinajstić information content (AvgIpc) is 3.13. The summed E-state index contributed by atoms with van der Waals surface area (Å²) >= 11 is 0. The molecule has 2 aliphatic heterocycles. The van der Waals surface area contributed by atoms with E-state index in [2.05, 4.69) is 4.99 Å². The lowest BCUT2D eigenvalue weighted by atomic mass is 9.96. The number of hydrogen-bond donors (Lipinski definition) is 0. The molecule has 0 saturated carbocycles. The quantitative estimate of drug-likeness (QED) is 0.645. The van der Waals surface area contributed by atoms with Gasteiger partial charge in [0.25, 0.3) is 0 Å². The normalized spacial score (nSPS) is 14.2. The second-order valence-electron chi connectivity index (χ2n) is 6.77. The number of para-hydroxylation sites is 1. The van der Waals surface area contributed by atoms with Gasteiger partial charge >= 0.3 is 5.97 Å². The van der Waals surface area contributed by atoms with Crippen LogP contribution < -0.4 is 10.7 Å². The average molecular weight is 382 g/mol. The van der Waals surface area contributed by atoms with E-state index in [0.717, 1.165) is 45.1 Å². The van der Waals surface area contributed by atoms with Crippen LogP contribution in [0.5, 0.6) is 0 Å². The minimum absolute atomic E-state index is 0.182. The van der Waals surface area contributed by atoms with Crippen LogP contribution >= 0.6 is 0 Å². The summed E-state index contributed by atoms with van der Waals surface area (Å²) in [4.78, 5) is 21.6. The lowest BCUT2D eigenvalue weighted by molar-refractivity contribution is -0.138. The third kappa shape index (κ3) is 2.98. The Morgan fingerprint density at radius 2 is 1.85 bits per heavy atom. The van der Waals surface area contributed by atoms with Crippen molar-refractivity contribution in [2.45, 2.75) is 13.8 Å². The molecule has 0 N–H and O–H groups in total. The van der Waals surface area contributed by atoms with Crippen LogP contribution in [0.2, 0.25) is 0 Å². The zero-order valence-corrected chi connectivity index (χ0v) is 16.1. The third-order valence-electron chi connectivity index (χ3n) is 4.79. The van der Waals surface area contributed by atoms with Gasteiger partial charge in [0.05, 0.1) is 22.2 Å². The van der Waals surface area contributed by atoms with Gasteiger partial charge in [0.1, 0.15) is 6.61 Å². The Morgan fingerprint density at radius 1 is 1.11 bits per heavy atom. The topological polar surface area (TPSA) is 85.2 Å². The number of ether oxygens (including phenoxy) is 1. The number of benzene rings is 2. The molecule has 27 heavy (non-hydrogen) atoms. The summed E-state index contributed by atoms with van der Waals surface area (Å²) in [5, 5.41) is 1.61. The van der Waals surface area contributed by atoms with Crippen molar-refractivity contribution in [3.05, 3.63) is 57.9 Å². The van der Waals surface area contributed by atoms with Crippen molar-refractivity contribution < 1.29 is 17.9 Å². The van der Waals surface area contributed by atoms with Gasteiger partial charge in [0.15, 0.2) is 15.5 Å². The summed E-state index contributed by atoms with van der Waals surface area (Å²) in [5.41, 5.74) is 5.79. The van der Waals surface area contributed by atoms with Gasteiger partial charge in [0, 0.05) is 22.9 Å². The van der Waals surface area contributed by atoms with Crippen LogP contribution in [0.3, 0.4) is 0 Å². The Labute approximate surface area is 156 Å². The highest BCUT2D eigenvalue weighted by molar-refractivity contribution is 7.90. The van der Waals surface area contributed by atoms with Crippen molar-refractivity contribution in [3.63, 3.8) is 0 Å². The lowest BCUT2D eigenvalue weighted by Crippen LogP contribution is -2.18. The van der Waals surface area contributed by atoms with E-state index in [-0.39, 0.29) is 18.1 Å². The van der Waals surface area contributed by atoms with Gasteiger partial charge in [-0.3, -0.25) is 0 Å².